The van der Waals surface area contributed by atoms with Gasteiger partial charge in [0.15, 0.2) is 6.29 Å². The van der Waals surface area contributed by atoms with Crippen molar-refractivity contribution in [1.29, 1.82) is 0 Å². The lowest BCUT2D eigenvalue weighted by Gasteiger charge is -2.39. The van der Waals surface area contributed by atoms with E-state index in [1.165, 1.54) is 0 Å². The minimum absolute atomic E-state index is 0.148. The number of fused-ring (bicyclic) bond motifs is 1. The first-order valence-electron chi connectivity index (χ1n) is 8.17. The fourth-order valence-electron chi connectivity index (χ4n) is 2.85. The van der Waals surface area contributed by atoms with E-state index in [1.807, 2.05) is 42.5 Å². The number of hydrogen-bond donors (Lipinski definition) is 4. The smallest absolute Gasteiger partial charge is 0.187 e. The molecule has 0 saturated carbocycles. The van der Waals surface area contributed by atoms with E-state index in [2.05, 4.69) is 6.07 Å². The number of benzene rings is 2. The maximum atomic E-state index is 9.89. The zero-order valence-corrected chi connectivity index (χ0v) is 13.6. The second kappa shape index (κ2) is 8.05. The van der Waals surface area contributed by atoms with Crippen molar-refractivity contribution in [3.63, 3.8) is 0 Å². The molecule has 134 valence electrons. The summed E-state index contributed by atoms with van der Waals surface area (Å²) in [6.45, 7) is -0.326. The zero-order chi connectivity index (χ0) is 17.8. The van der Waals surface area contributed by atoms with Crippen LogP contribution in [-0.4, -0.2) is 64.3 Å². The minimum Gasteiger partial charge on any atom is -0.394 e. The Kier molecular flexibility index (Phi) is 5.80. The summed E-state index contributed by atoms with van der Waals surface area (Å²) in [6.07, 6.45) is -2.62. The largest absolute Gasteiger partial charge is 0.394 e. The Morgan fingerprint density at radius 1 is 0.960 bits per heavy atom. The number of aliphatic hydroxyl groups excluding tert-OH is 4. The van der Waals surface area contributed by atoms with Crippen molar-refractivity contribution >= 4 is 16.8 Å². The Bertz CT molecular complexity index is 729. The highest BCUT2D eigenvalue weighted by Gasteiger charge is 2.43. The molecular weight excluding hydrogens is 324 g/mol. The van der Waals surface area contributed by atoms with Gasteiger partial charge in [0.25, 0.3) is 0 Å². The van der Waals surface area contributed by atoms with Crippen molar-refractivity contribution in [2.45, 2.75) is 30.7 Å². The first-order chi connectivity index (χ1) is 12.1. The van der Waals surface area contributed by atoms with Gasteiger partial charge in [-0.25, -0.2) is 0 Å². The monoisotopic (exact) mass is 346 g/mol. The van der Waals surface area contributed by atoms with Crippen LogP contribution < -0.4 is 0 Å². The van der Waals surface area contributed by atoms with Crippen LogP contribution in [0.1, 0.15) is 5.56 Å². The van der Waals surface area contributed by atoms with E-state index in [1.54, 1.807) is 6.08 Å². The molecule has 1 heterocycles. The average Bonchev–Trinajstić information content (AvgIpc) is 2.64. The highest BCUT2D eigenvalue weighted by molar-refractivity contribution is 5.84. The SMILES string of the molecule is OC[C@H]1O[C@@H](OC/C=C/c2ccc3ccccc3c2)[C@H](O)[C@@H](O)[C@@H]1O. The molecule has 0 aliphatic carbocycles. The van der Waals surface area contributed by atoms with Gasteiger partial charge >= 0.3 is 0 Å². The van der Waals surface area contributed by atoms with Gasteiger partial charge in [-0.15, -0.1) is 0 Å². The third kappa shape index (κ3) is 4.07. The van der Waals surface area contributed by atoms with E-state index in [9.17, 15) is 15.3 Å². The van der Waals surface area contributed by atoms with Crippen LogP contribution in [0.4, 0.5) is 0 Å². The topological polar surface area (TPSA) is 99.4 Å². The zero-order valence-electron chi connectivity index (χ0n) is 13.6. The van der Waals surface area contributed by atoms with Crippen LogP contribution in [0, 0.1) is 0 Å². The molecule has 2 aromatic carbocycles. The molecule has 1 saturated heterocycles. The van der Waals surface area contributed by atoms with Crippen LogP contribution in [-0.2, 0) is 9.47 Å². The highest BCUT2D eigenvalue weighted by Crippen LogP contribution is 2.22. The molecule has 25 heavy (non-hydrogen) atoms. The number of hydrogen-bond acceptors (Lipinski definition) is 6. The second-order valence-electron chi connectivity index (χ2n) is 6.04. The van der Waals surface area contributed by atoms with Gasteiger partial charge in [0.05, 0.1) is 13.2 Å². The standard InChI is InChI=1S/C19H22O6/c20-11-15-16(21)17(22)18(23)19(25-15)24-9-3-4-12-7-8-13-5-1-2-6-14(13)10-12/h1-8,10,15-23H,9,11H2/b4-3+/t15-,16-,17+,18-,19-/m1/s1. The molecule has 0 bridgehead atoms. The number of ether oxygens (including phenoxy) is 2. The Balaban J connectivity index is 1.58. The van der Waals surface area contributed by atoms with Crippen LogP contribution >= 0.6 is 0 Å². The molecule has 0 unspecified atom stereocenters. The third-order valence-electron chi connectivity index (χ3n) is 4.29. The van der Waals surface area contributed by atoms with Gasteiger partial charge in [0.2, 0.25) is 0 Å². The van der Waals surface area contributed by atoms with E-state index < -0.39 is 37.3 Å². The average molecular weight is 346 g/mol. The quantitative estimate of drug-likeness (QED) is 0.635. The maximum Gasteiger partial charge on any atom is 0.187 e. The summed E-state index contributed by atoms with van der Waals surface area (Å²) in [7, 11) is 0. The van der Waals surface area contributed by atoms with E-state index in [4.69, 9.17) is 14.6 Å². The number of rotatable bonds is 5. The fourth-order valence-corrected chi connectivity index (χ4v) is 2.85. The number of aliphatic hydroxyl groups is 4. The van der Waals surface area contributed by atoms with Crippen LogP contribution in [0.2, 0.25) is 0 Å². The van der Waals surface area contributed by atoms with Gasteiger partial charge in [-0.3, -0.25) is 0 Å². The van der Waals surface area contributed by atoms with Gasteiger partial charge in [-0.1, -0.05) is 48.6 Å². The molecule has 5 atom stereocenters. The summed E-state index contributed by atoms with van der Waals surface area (Å²) < 4.78 is 10.7. The molecule has 0 radical (unpaired) electrons. The normalized spacial score (nSPS) is 30.2. The molecule has 6 heteroatoms. The van der Waals surface area contributed by atoms with Crippen LogP contribution in [0.25, 0.3) is 16.8 Å². The highest BCUT2D eigenvalue weighted by atomic mass is 16.7. The summed E-state index contributed by atoms with van der Waals surface area (Å²) in [4.78, 5) is 0. The third-order valence-corrected chi connectivity index (χ3v) is 4.29. The molecular formula is C19H22O6. The first-order valence-corrected chi connectivity index (χ1v) is 8.17. The molecule has 0 amide bonds. The lowest BCUT2D eigenvalue weighted by atomic mass is 9.99. The van der Waals surface area contributed by atoms with Crippen molar-refractivity contribution in [1.82, 2.24) is 0 Å². The molecule has 2 aromatic rings. The lowest BCUT2D eigenvalue weighted by Crippen LogP contribution is -2.59. The van der Waals surface area contributed by atoms with E-state index in [0.29, 0.717) is 0 Å². The lowest BCUT2D eigenvalue weighted by molar-refractivity contribution is -0.298. The predicted octanol–water partition coefficient (Wildman–Crippen LogP) is 0.669. The van der Waals surface area contributed by atoms with Gasteiger partial charge in [-0.2, -0.15) is 0 Å². The van der Waals surface area contributed by atoms with Gasteiger partial charge < -0.3 is 29.9 Å². The Hall–Kier alpha value is -1.80. The molecule has 4 N–H and O–H groups in total. The van der Waals surface area contributed by atoms with Crippen LogP contribution in [0.15, 0.2) is 48.5 Å². The van der Waals surface area contributed by atoms with E-state index >= 15 is 0 Å². The van der Waals surface area contributed by atoms with Gasteiger partial charge in [0.1, 0.15) is 24.4 Å². The molecule has 1 aliphatic heterocycles. The Morgan fingerprint density at radius 2 is 1.72 bits per heavy atom. The van der Waals surface area contributed by atoms with E-state index in [0.717, 1.165) is 16.3 Å². The summed E-state index contributed by atoms with van der Waals surface area (Å²) in [6, 6.07) is 14.1. The Morgan fingerprint density at radius 3 is 2.48 bits per heavy atom. The Labute approximate surface area is 145 Å². The molecule has 0 spiro atoms. The maximum absolute atomic E-state index is 9.89. The molecule has 3 rings (SSSR count). The molecule has 0 aromatic heterocycles. The molecule has 1 aliphatic rings. The van der Waals surface area contributed by atoms with Crippen LogP contribution in [0.3, 0.4) is 0 Å². The summed E-state index contributed by atoms with van der Waals surface area (Å²) in [5.41, 5.74) is 1.01. The summed E-state index contributed by atoms with van der Waals surface area (Å²) in [5.74, 6) is 0. The predicted molar refractivity (Wildman–Crippen MR) is 92.7 cm³/mol. The van der Waals surface area contributed by atoms with Crippen molar-refractivity contribution in [2.75, 3.05) is 13.2 Å². The van der Waals surface area contributed by atoms with Crippen molar-refractivity contribution in [3.8, 4) is 0 Å². The van der Waals surface area contributed by atoms with Gasteiger partial charge in [0, 0.05) is 0 Å². The molecule has 1 fully saturated rings. The summed E-state index contributed by atoms with van der Waals surface area (Å²) in [5, 5.41) is 40.8. The first kappa shape index (κ1) is 18.0. The van der Waals surface area contributed by atoms with E-state index in [-0.39, 0.29) is 6.61 Å². The summed E-state index contributed by atoms with van der Waals surface area (Å²) >= 11 is 0. The van der Waals surface area contributed by atoms with Crippen molar-refractivity contribution < 1.29 is 29.9 Å². The van der Waals surface area contributed by atoms with Crippen molar-refractivity contribution in [3.05, 3.63) is 54.1 Å². The van der Waals surface area contributed by atoms with Gasteiger partial charge in [-0.05, 0) is 22.4 Å². The van der Waals surface area contributed by atoms with Crippen molar-refractivity contribution in [2.24, 2.45) is 0 Å². The second-order valence-corrected chi connectivity index (χ2v) is 6.04. The minimum atomic E-state index is -1.43. The molecule has 6 nitrogen and oxygen atoms in total. The fraction of sp³-hybridized carbons (Fsp3) is 0.368. The van der Waals surface area contributed by atoms with Crippen LogP contribution in [0.5, 0.6) is 0 Å².